The lowest BCUT2D eigenvalue weighted by Crippen LogP contribution is -2.47. The highest BCUT2D eigenvalue weighted by Gasteiger charge is 2.40. The summed E-state index contributed by atoms with van der Waals surface area (Å²) in [6, 6.07) is 1.13. The standard InChI is InChI=1S/C15H31NO4Si/c1-5-18-21(19-6-2,20-7-3)13-9-12-16-14(4)10-8-11-15(16)17/h14H,5-13H2,1-4H3. The average molecular weight is 318 g/mol. The van der Waals surface area contributed by atoms with Crippen LogP contribution in [-0.4, -0.2) is 52.0 Å². The SMILES string of the molecule is CCO[Si](CCCN1C(=O)CCCC1C)(OCC)OCC. The molecule has 5 nitrogen and oxygen atoms in total. The second-order valence-electron chi connectivity index (χ2n) is 5.41. The molecule has 1 amide bonds. The molecule has 0 radical (unpaired) electrons. The molecular weight excluding hydrogens is 286 g/mol. The van der Waals surface area contributed by atoms with Gasteiger partial charge in [-0.05, 0) is 47.0 Å². The molecule has 124 valence electrons. The first kappa shape index (κ1) is 18.6. The fraction of sp³-hybridized carbons (Fsp3) is 0.933. The van der Waals surface area contributed by atoms with Crippen LogP contribution >= 0.6 is 0 Å². The number of carbonyl (C=O) groups is 1. The Bertz CT molecular complexity index is 297. The van der Waals surface area contributed by atoms with E-state index in [1.54, 1.807) is 0 Å². The Kier molecular flexibility index (Phi) is 8.47. The van der Waals surface area contributed by atoms with Crippen molar-refractivity contribution >= 4 is 14.7 Å². The molecule has 1 aliphatic heterocycles. The minimum absolute atomic E-state index is 0.283. The Morgan fingerprint density at radius 2 is 1.71 bits per heavy atom. The molecule has 21 heavy (non-hydrogen) atoms. The van der Waals surface area contributed by atoms with E-state index < -0.39 is 8.80 Å². The van der Waals surface area contributed by atoms with Crippen molar-refractivity contribution in [1.82, 2.24) is 4.90 Å². The van der Waals surface area contributed by atoms with Gasteiger partial charge >= 0.3 is 8.80 Å². The molecule has 0 aromatic rings. The summed E-state index contributed by atoms with van der Waals surface area (Å²) in [4.78, 5) is 14.0. The Labute approximate surface area is 130 Å². The maximum Gasteiger partial charge on any atom is 0.500 e. The zero-order valence-corrected chi connectivity index (χ0v) is 15.0. The van der Waals surface area contributed by atoms with E-state index in [-0.39, 0.29) is 5.91 Å². The van der Waals surface area contributed by atoms with Crippen molar-refractivity contribution in [2.75, 3.05) is 26.4 Å². The van der Waals surface area contributed by atoms with Crippen LogP contribution in [0.3, 0.4) is 0 Å². The molecule has 1 atom stereocenters. The van der Waals surface area contributed by atoms with Gasteiger partial charge in [0.15, 0.2) is 0 Å². The van der Waals surface area contributed by atoms with E-state index in [1.165, 1.54) is 0 Å². The van der Waals surface area contributed by atoms with Gasteiger partial charge in [0.1, 0.15) is 0 Å². The monoisotopic (exact) mass is 317 g/mol. The molecule has 0 aromatic heterocycles. The zero-order chi connectivity index (χ0) is 15.7. The average Bonchev–Trinajstić information content (AvgIpc) is 2.43. The van der Waals surface area contributed by atoms with Gasteiger partial charge in [0.2, 0.25) is 5.91 Å². The van der Waals surface area contributed by atoms with Gasteiger partial charge in [-0.1, -0.05) is 0 Å². The van der Waals surface area contributed by atoms with Gasteiger partial charge in [-0.25, -0.2) is 0 Å². The summed E-state index contributed by atoms with van der Waals surface area (Å²) in [5, 5.41) is 0. The number of piperidine rings is 1. The molecular formula is C15H31NO4Si. The fourth-order valence-corrected chi connectivity index (χ4v) is 5.50. The topological polar surface area (TPSA) is 48.0 Å². The van der Waals surface area contributed by atoms with E-state index >= 15 is 0 Å². The molecule has 0 spiro atoms. The first-order valence-corrected chi connectivity index (χ1v) is 10.2. The highest BCUT2D eigenvalue weighted by Crippen LogP contribution is 2.22. The Balaban J connectivity index is 2.53. The molecule has 0 saturated carbocycles. The largest absolute Gasteiger partial charge is 0.500 e. The summed E-state index contributed by atoms with van der Waals surface area (Å²) in [6.45, 7) is 10.6. The summed E-state index contributed by atoms with van der Waals surface area (Å²) in [6.07, 6.45) is 3.69. The van der Waals surface area contributed by atoms with Crippen molar-refractivity contribution in [3.63, 3.8) is 0 Å². The number of amides is 1. The van der Waals surface area contributed by atoms with Crippen LogP contribution in [0.2, 0.25) is 6.04 Å². The maximum atomic E-state index is 12.0. The van der Waals surface area contributed by atoms with Crippen LogP contribution in [0.5, 0.6) is 0 Å². The summed E-state index contributed by atoms with van der Waals surface area (Å²) in [5.41, 5.74) is 0. The third-order valence-electron chi connectivity index (χ3n) is 3.84. The lowest BCUT2D eigenvalue weighted by molar-refractivity contribution is -0.135. The van der Waals surface area contributed by atoms with Gasteiger partial charge in [0.25, 0.3) is 0 Å². The smallest absolute Gasteiger partial charge is 0.374 e. The van der Waals surface area contributed by atoms with E-state index in [4.69, 9.17) is 13.3 Å². The minimum atomic E-state index is -2.56. The molecule has 0 bridgehead atoms. The van der Waals surface area contributed by atoms with Crippen LogP contribution < -0.4 is 0 Å². The predicted molar refractivity (Wildman–Crippen MR) is 85.1 cm³/mol. The number of hydrogen-bond donors (Lipinski definition) is 0. The molecule has 1 aliphatic rings. The fourth-order valence-electron chi connectivity index (χ4n) is 2.91. The molecule has 1 rings (SSSR count). The second-order valence-corrected chi connectivity index (χ2v) is 8.15. The lowest BCUT2D eigenvalue weighted by Gasteiger charge is -2.34. The first-order valence-electron chi connectivity index (χ1n) is 8.29. The summed E-state index contributed by atoms with van der Waals surface area (Å²) >= 11 is 0. The normalized spacial score (nSPS) is 20.1. The molecule has 1 saturated heterocycles. The quantitative estimate of drug-likeness (QED) is 0.581. The van der Waals surface area contributed by atoms with Crippen molar-refractivity contribution < 1.29 is 18.1 Å². The van der Waals surface area contributed by atoms with Crippen molar-refractivity contribution in [1.29, 1.82) is 0 Å². The maximum absolute atomic E-state index is 12.0. The van der Waals surface area contributed by atoms with Crippen LogP contribution in [0.1, 0.15) is 53.4 Å². The Morgan fingerprint density at radius 1 is 1.14 bits per heavy atom. The summed E-state index contributed by atoms with van der Waals surface area (Å²) in [7, 11) is -2.56. The van der Waals surface area contributed by atoms with Gasteiger partial charge in [0.05, 0.1) is 0 Å². The minimum Gasteiger partial charge on any atom is -0.374 e. The molecule has 1 fully saturated rings. The van der Waals surface area contributed by atoms with E-state index in [0.717, 1.165) is 31.9 Å². The Morgan fingerprint density at radius 3 is 2.19 bits per heavy atom. The molecule has 1 heterocycles. The van der Waals surface area contributed by atoms with Gasteiger partial charge in [-0.15, -0.1) is 0 Å². The van der Waals surface area contributed by atoms with E-state index in [2.05, 4.69) is 6.92 Å². The highest BCUT2D eigenvalue weighted by molar-refractivity contribution is 6.60. The number of rotatable bonds is 10. The van der Waals surface area contributed by atoms with Gasteiger partial charge < -0.3 is 18.2 Å². The second kappa shape index (κ2) is 9.56. The van der Waals surface area contributed by atoms with E-state index in [9.17, 15) is 4.79 Å². The van der Waals surface area contributed by atoms with Crippen LogP contribution in [0.15, 0.2) is 0 Å². The molecule has 0 aromatic carbocycles. The van der Waals surface area contributed by atoms with Gasteiger partial charge in [0, 0.05) is 44.9 Å². The van der Waals surface area contributed by atoms with Crippen LogP contribution in [0.25, 0.3) is 0 Å². The zero-order valence-electron chi connectivity index (χ0n) is 14.0. The summed E-state index contributed by atoms with van der Waals surface area (Å²) in [5.74, 6) is 0.283. The number of likely N-dealkylation sites (tertiary alicyclic amines) is 1. The van der Waals surface area contributed by atoms with Gasteiger partial charge in [-0.2, -0.15) is 0 Å². The van der Waals surface area contributed by atoms with Crippen LogP contribution in [-0.2, 0) is 18.1 Å². The van der Waals surface area contributed by atoms with Crippen molar-refractivity contribution in [3.8, 4) is 0 Å². The van der Waals surface area contributed by atoms with Gasteiger partial charge in [-0.3, -0.25) is 4.79 Å². The highest BCUT2D eigenvalue weighted by atomic mass is 28.4. The molecule has 1 unspecified atom stereocenters. The number of hydrogen-bond acceptors (Lipinski definition) is 4. The van der Waals surface area contributed by atoms with Crippen LogP contribution in [0, 0.1) is 0 Å². The molecule has 6 heteroatoms. The third kappa shape index (κ3) is 5.69. The molecule has 0 aliphatic carbocycles. The number of nitrogens with zero attached hydrogens (tertiary/aromatic N) is 1. The van der Waals surface area contributed by atoms with E-state index in [1.807, 2.05) is 25.7 Å². The van der Waals surface area contributed by atoms with E-state index in [0.29, 0.717) is 32.3 Å². The number of carbonyl (C=O) groups excluding carboxylic acids is 1. The predicted octanol–water partition coefficient (Wildman–Crippen LogP) is 2.83. The lowest BCUT2D eigenvalue weighted by atomic mass is 10.0. The van der Waals surface area contributed by atoms with Crippen molar-refractivity contribution in [2.24, 2.45) is 0 Å². The summed E-state index contributed by atoms with van der Waals surface area (Å²) < 4.78 is 17.5. The van der Waals surface area contributed by atoms with Crippen molar-refractivity contribution in [3.05, 3.63) is 0 Å². The molecule has 0 N–H and O–H groups in total. The van der Waals surface area contributed by atoms with Crippen molar-refractivity contribution in [2.45, 2.75) is 65.5 Å². The third-order valence-corrected chi connectivity index (χ3v) is 6.99. The Hall–Kier alpha value is -0.433. The first-order chi connectivity index (χ1) is 10.1. The van der Waals surface area contributed by atoms with Crippen LogP contribution in [0.4, 0.5) is 0 Å².